The third kappa shape index (κ3) is 5.69. The molecular formula is C23H20F6N2O4. The molecule has 35 heavy (non-hydrogen) atoms. The third-order valence-corrected chi connectivity index (χ3v) is 5.19. The van der Waals surface area contributed by atoms with E-state index < -0.39 is 53.7 Å². The lowest BCUT2D eigenvalue weighted by Gasteiger charge is -2.35. The molecule has 2 aromatic carbocycles. The van der Waals surface area contributed by atoms with Crippen LogP contribution in [-0.2, 0) is 21.9 Å². The fraction of sp³-hybridized carbons (Fsp3) is 0.304. The molecule has 1 aliphatic heterocycles. The van der Waals surface area contributed by atoms with Crippen LogP contribution in [0.2, 0.25) is 0 Å². The Balaban J connectivity index is 2.10. The Kier molecular flexibility index (Phi) is 7.32. The van der Waals surface area contributed by atoms with Gasteiger partial charge in [0.25, 0.3) is 0 Å². The van der Waals surface area contributed by atoms with Gasteiger partial charge in [-0.3, -0.25) is 4.90 Å². The zero-order chi connectivity index (χ0) is 26.0. The van der Waals surface area contributed by atoms with Crippen LogP contribution < -0.4 is 10.1 Å². The zero-order valence-corrected chi connectivity index (χ0v) is 18.5. The molecular weight excluding hydrogens is 482 g/mol. The number of halogens is 6. The van der Waals surface area contributed by atoms with Crippen molar-refractivity contribution >= 4 is 12.0 Å². The Hall–Kier alpha value is -3.70. The van der Waals surface area contributed by atoms with E-state index in [1.807, 2.05) is 0 Å². The standard InChI is InChI=1S/C23H20F6N2O4/c1-3-34-20(32)18-17(12-35-14-8-6-7-13(11-14)22(24,25)26)31(2)21(33)30-19(18)15-9-4-5-10-16(15)23(27,28)29/h4-11,19H,3,12H2,1-2H3,(H,30,33). The first kappa shape index (κ1) is 25.9. The van der Waals surface area contributed by atoms with Gasteiger partial charge in [-0.1, -0.05) is 24.3 Å². The van der Waals surface area contributed by atoms with Crippen LogP contribution in [0.5, 0.6) is 5.75 Å². The summed E-state index contributed by atoms with van der Waals surface area (Å²) >= 11 is 0. The number of carbonyl (C=O) groups is 2. The van der Waals surface area contributed by atoms with E-state index in [0.29, 0.717) is 0 Å². The van der Waals surface area contributed by atoms with E-state index in [0.717, 1.165) is 41.3 Å². The molecule has 0 aliphatic carbocycles. The van der Waals surface area contributed by atoms with Crippen LogP contribution in [0.1, 0.15) is 29.7 Å². The second kappa shape index (κ2) is 9.88. The highest BCUT2D eigenvalue weighted by molar-refractivity contribution is 5.95. The number of likely N-dealkylation sites (N-methyl/N-ethyl adjacent to an activating group) is 1. The van der Waals surface area contributed by atoms with Crippen molar-refractivity contribution in [1.29, 1.82) is 0 Å². The maximum atomic E-state index is 13.7. The highest BCUT2D eigenvalue weighted by atomic mass is 19.4. The molecule has 0 fully saturated rings. The summed E-state index contributed by atoms with van der Waals surface area (Å²) < 4.78 is 90.6. The number of esters is 1. The van der Waals surface area contributed by atoms with Crippen LogP contribution in [0.15, 0.2) is 59.8 Å². The first-order valence-electron chi connectivity index (χ1n) is 10.2. The minimum Gasteiger partial charge on any atom is -0.487 e. The third-order valence-electron chi connectivity index (χ3n) is 5.19. The van der Waals surface area contributed by atoms with E-state index in [1.54, 1.807) is 0 Å². The van der Waals surface area contributed by atoms with E-state index in [9.17, 15) is 35.9 Å². The molecule has 1 heterocycles. The smallest absolute Gasteiger partial charge is 0.416 e. The number of hydrogen-bond donors (Lipinski definition) is 1. The van der Waals surface area contributed by atoms with Gasteiger partial charge in [-0.15, -0.1) is 0 Å². The Morgan fingerprint density at radius 1 is 1.03 bits per heavy atom. The second-order valence-electron chi connectivity index (χ2n) is 7.42. The molecule has 1 N–H and O–H groups in total. The van der Waals surface area contributed by atoms with Gasteiger partial charge in [0.05, 0.1) is 35.0 Å². The monoisotopic (exact) mass is 502 g/mol. The van der Waals surface area contributed by atoms with Crippen molar-refractivity contribution in [2.75, 3.05) is 20.3 Å². The molecule has 12 heteroatoms. The molecule has 6 nitrogen and oxygen atoms in total. The summed E-state index contributed by atoms with van der Waals surface area (Å²) in [4.78, 5) is 26.4. The van der Waals surface area contributed by atoms with Crippen molar-refractivity contribution in [2.45, 2.75) is 25.3 Å². The topological polar surface area (TPSA) is 67.9 Å². The van der Waals surface area contributed by atoms with Crippen LogP contribution >= 0.6 is 0 Å². The summed E-state index contributed by atoms with van der Waals surface area (Å²) in [5.41, 5.74) is -2.96. The van der Waals surface area contributed by atoms with Crippen molar-refractivity contribution in [3.8, 4) is 5.75 Å². The van der Waals surface area contributed by atoms with Crippen molar-refractivity contribution in [3.63, 3.8) is 0 Å². The number of benzene rings is 2. The lowest BCUT2D eigenvalue weighted by molar-refractivity contribution is -0.141. The predicted octanol–water partition coefficient (Wildman–Crippen LogP) is 5.32. The number of hydrogen-bond acceptors (Lipinski definition) is 4. The molecule has 3 rings (SSSR count). The van der Waals surface area contributed by atoms with Gasteiger partial charge in [-0.05, 0) is 36.8 Å². The van der Waals surface area contributed by atoms with Gasteiger partial charge in [-0.25, -0.2) is 9.59 Å². The van der Waals surface area contributed by atoms with Crippen LogP contribution in [0.25, 0.3) is 0 Å². The molecule has 0 spiro atoms. The normalized spacial score (nSPS) is 16.7. The van der Waals surface area contributed by atoms with Crippen molar-refractivity contribution < 1.29 is 45.4 Å². The molecule has 2 aromatic rings. The van der Waals surface area contributed by atoms with Gasteiger partial charge in [0.1, 0.15) is 12.4 Å². The maximum absolute atomic E-state index is 13.7. The number of rotatable bonds is 6. The largest absolute Gasteiger partial charge is 0.487 e. The fourth-order valence-electron chi connectivity index (χ4n) is 3.54. The van der Waals surface area contributed by atoms with Gasteiger partial charge in [-0.2, -0.15) is 26.3 Å². The number of carbonyl (C=O) groups excluding carboxylic acids is 2. The Morgan fingerprint density at radius 2 is 1.71 bits per heavy atom. The van der Waals surface area contributed by atoms with E-state index in [1.165, 1.54) is 26.1 Å². The summed E-state index contributed by atoms with van der Waals surface area (Å²) in [5.74, 6) is -1.23. The average molecular weight is 502 g/mol. The van der Waals surface area contributed by atoms with Gasteiger partial charge >= 0.3 is 24.4 Å². The Labute approximate surface area is 196 Å². The first-order valence-corrected chi connectivity index (χ1v) is 10.2. The van der Waals surface area contributed by atoms with E-state index in [-0.39, 0.29) is 23.6 Å². The molecule has 0 saturated carbocycles. The van der Waals surface area contributed by atoms with Crippen molar-refractivity contribution in [2.24, 2.45) is 0 Å². The van der Waals surface area contributed by atoms with Crippen molar-refractivity contribution in [3.05, 3.63) is 76.5 Å². The lowest BCUT2D eigenvalue weighted by atomic mass is 9.91. The molecule has 2 amide bonds. The minimum absolute atomic E-state index is 0.116. The predicted molar refractivity (Wildman–Crippen MR) is 111 cm³/mol. The van der Waals surface area contributed by atoms with Crippen molar-refractivity contribution in [1.82, 2.24) is 10.2 Å². The van der Waals surface area contributed by atoms with E-state index in [2.05, 4.69) is 5.32 Å². The maximum Gasteiger partial charge on any atom is 0.416 e. The molecule has 1 unspecified atom stereocenters. The molecule has 0 aromatic heterocycles. The number of ether oxygens (including phenoxy) is 2. The summed E-state index contributed by atoms with van der Waals surface area (Å²) in [5, 5.41) is 2.37. The van der Waals surface area contributed by atoms with Crippen LogP contribution in [0.4, 0.5) is 31.1 Å². The van der Waals surface area contributed by atoms with Gasteiger partial charge < -0.3 is 14.8 Å². The number of amides is 2. The molecule has 188 valence electrons. The van der Waals surface area contributed by atoms with Gasteiger partial charge in [0.2, 0.25) is 0 Å². The first-order chi connectivity index (χ1) is 16.3. The Morgan fingerprint density at radius 3 is 2.34 bits per heavy atom. The quantitative estimate of drug-likeness (QED) is 0.429. The highest BCUT2D eigenvalue weighted by Gasteiger charge is 2.42. The molecule has 0 saturated heterocycles. The Bertz CT molecular complexity index is 1140. The highest BCUT2D eigenvalue weighted by Crippen LogP contribution is 2.39. The second-order valence-corrected chi connectivity index (χ2v) is 7.42. The fourth-order valence-corrected chi connectivity index (χ4v) is 3.54. The molecule has 0 radical (unpaired) electrons. The van der Waals surface area contributed by atoms with Crippen LogP contribution in [-0.4, -0.2) is 37.2 Å². The molecule has 1 atom stereocenters. The molecule has 1 aliphatic rings. The lowest BCUT2D eigenvalue weighted by Crippen LogP contribution is -2.48. The summed E-state index contributed by atoms with van der Waals surface area (Å²) in [6.45, 7) is 0.778. The SMILES string of the molecule is CCOC(=O)C1=C(COc2cccc(C(F)(F)F)c2)N(C)C(=O)NC1c1ccccc1C(F)(F)F. The number of nitrogens with zero attached hydrogens (tertiary/aromatic N) is 1. The van der Waals surface area contributed by atoms with Crippen LogP contribution in [0.3, 0.4) is 0 Å². The van der Waals surface area contributed by atoms with Gasteiger partial charge in [0, 0.05) is 7.05 Å². The number of urea groups is 1. The van der Waals surface area contributed by atoms with E-state index in [4.69, 9.17) is 9.47 Å². The van der Waals surface area contributed by atoms with Crippen LogP contribution in [0, 0.1) is 0 Å². The summed E-state index contributed by atoms with van der Waals surface area (Å²) in [6.07, 6.45) is -9.43. The molecule has 0 bridgehead atoms. The minimum atomic E-state index is -4.79. The number of alkyl halides is 6. The van der Waals surface area contributed by atoms with E-state index >= 15 is 0 Å². The zero-order valence-electron chi connectivity index (χ0n) is 18.5. The average Bonchev–Trinajstić information content (AvgIpc) is 2.79. The summed E-state index contributed by atoms with van der Waals surface area (Å²) in [6, 6.07) is 5.91. The number of nitrogens with one attached hydrogen (secondary N) is 1. The summed E-state index contributed by atoms with van der Waals surface area (Å²) in [7, 11) is 1.24. The van der Waals surface area contributed by atoms with Gasteiger partial charge in [0.15, 0.2) is 0 Å².